The molecular formula is C25H19BrN2O2S. The maximum absolute atomic E-state index is 12.2. The van der Waals surface area contributed by atoms with E-state index in [1.165, 1.54) is 17.4 Å². The minimum Gasteiger partial charge on any atom is -0.489 e. The monoisotopic (exact) mass is 490 g/mol. The number of ether oxygens (including phenoxy) is 1. The van der Waals surface area contributed by atoms with Crippen molar-refractivity contribution in [3.8, 4) is 17.0 Å². The zero-order chi connectivity index (χ0) is 21.5. The van der Waals surface area contributed by atoms with E-state index in [0.717, 1.165) is 32.6 Å². The van der Waals surface area contributed by atoms with Crippen molar-refractivity contribution in [2.24, 2.45) is 0 Å². The molecule has 0 bridgehead atoms. The highest BCUT2D eigenvalue weighted by atomic mass is 79.9. The quantitative estimate of drug-likeness (QED) is 0.289. The summed E-state index contributed by atoms with van der Waals surface area (Å²) in [6, 6.07) is 25.5. The zero-order valence-electron chi connectivity index (χ0n) is 16.5. The molecule has 0 radical (unpaired) electrons. The highest BCUT2D eigenvalue weighted by Crippen LogP contribution is 2.27. The third-order valence-corrected chi connectivity index (χ3v) is 5.66. The van der Waals surface area contributed by atoms with Crippen LogP contribution in [0.3, 0.4) is 0 Å². The van der Waals surface area contributed by atoms with Gasteiger partial charge < -0.3 is 4.74 Å². The van der Waals surface area contributed by atoms with Crippen LogP contribution in [0.5, 0.6) is 5.75 Å². The van der Waals surface area contributed by atoms with E-state index in [1.54, 1.807) is 6.08 Å². The SMILES string of the molecule is O=C(C=Cc1ccc(OCc2ccccc2)cc1)Nc1nc(-c2cccc(Br)c2)cs1. The summed E-state index contributed by atoms with van der Waals surface area (Å²) in [5.74, 6) is 0.563. The second-order valence-corrected chi connectivity index (χ2v) is 8.49. The van der Waals surface area contributed by atoms with Crippen LogP contribution in [0.2, 0.25) is 0 Å². The molecule has 6 heteroatoms. The Morgan fingerprint density at radius 1 is 1.03 bits per heavy atom. The van der Waals surface area contributed by atoms with Gasteiger partial charge in [0, 0.05) is 21.5 Å². The fraction of sp³-hybridized carbons (Fsp3) is 0.0400. The third kappa shape index (κ3) is 6.13. The number of halogens is 1. The van der Waals surface area contributed by atoms with Crippen LogP contribution in [0, 0.1) is 0 Å². The highest BCUT2D eigenvalue weighted by molar-refractivity contribution is 9.10. The summed E-state index contributed by atoms with van der Waals surface area (Å²) in [4.78, 5) is 16.7. The summed E-state index contributed by atoms with van der Waals surface area (Å²) >= 11 is 4.86. The first kappa shape index (κ1) is 21.0. The Morgan fingerprint density at radius 3 is 2.61 bits per heavy atom. The van der Waals surface area contributed by atoms with E-state index in [1.807, 2.05) is 84.2 Å². The molecule has 0 aliphatic carbocycles. The standard InChI is InChI=1S/C25H19BrN2O2S/c26-21-8-4-7-20(15-21)23-17-31-25(27-23)28-24(29)14-11-18-9-12-22(13-10-18)30-16-19-5-2-1-3-6-19/h1-15,17H,16H2,(H,27,28,29). The number of nitrogens with zero attached hydrogens (tertiary/aromatic N) is 1. The summed E-state index contributed by atoms with van der Waals surface area (Å²) in [6.45, 7) is 0.522. The number of aromatic nitrogens is 1. The van der Waals surface area contributed by atoms with Crippen molar-refractivity contribution >= 4 is 44.4 Å². The average Bonchev–Trinajstić information content (AvgIpc) is 3.26. The molecule has 31 heavy (non-hydrogen) atoms. The largest absolute Gasteiger partial charge is 0.489 e. The number of carbonyl (C=O) groups excluding carboxylic acids is 1. The molecule has 0 fully saturated rings. The average molecular weight is 491 g/mol. The molecule has 4 rings (SSSR count). The van der Waals surface area contributed by atoms with Gasteiger partial charge in [0.15, 0.2) is 5.13 Å². The van der Waals surface area contributed by atoms with Gasteiger partial charge in [-0.2, -0.15) is 0 Å². The molecule has 0 atom stereocenters. The molecule has 0 aliphatic rings. The molecular weight excluding hydrogens is 472 g/mol. The minimum atomic E-state index is -0.223. The fourth-order valence-electron chi connectivity index (χ4n) is 2.85. The van der Waals surface area contributed by atoms with Crippen LogP contribution in [0.15, 0.2) is 94.8 Å². The first-order chi connectivity index (χ1) is 15.2. The molecule has 0 aliphatic heterocycles. The van der Waals surface area contributed by atoms with Gasteiger partial charge >= 0.3 is 0 Å². The first-order valence-electron chi connectivity index (χ1n) is 9.63. The van der Waals surface area contributed by atoms with Gasteiger partial charge in [0.2, 0.25) is 5.91 Å². The molecule has 1 heterocycles. The molecule has 154 valence electrons. The maximum Gasteiger partial charge on any atom is 0.250 e. The maximum atomic E-state index is 12.2. The Hall–Kier alpha value is -3.22. The van der Waals surface area contributed by atoms with Crippen molar-refractivity contribution in [3.63, 3.8) is 0 Å². The molecule has 1 amide bonds. The smallest absolute Gasteiger partial charge is 0.250 e. The van der Waals surface area contributed by atoms with Crippen LogP contribution >= 0.6 is 27.3 Å². The lowest BCUT2D eigenvalue weighted by molar-refractivity contribution is -0.111. The van der Waals surface area contributed by atoms with Crippen LogP contribution in [0.1, 0.15) is 11.1 Å². The Morgan fingerprint density at radius 2 is 1.84 bits per heavy atom. The number of amides is 1. The summed E-state index contributed by atoms with van der Waals surface area (Å²) < 4.78 is 6.77. The molecule has 0 saturated carbocycles. The number of rotatable bonds is 7. The minimum absolute atomic E-state index is 0.223. The van der Waals surface area contributed by atoms with Crippen molar-refractivity contribution in [2.45, 2.75) is 6.61 Å². The number of carbonyl (C=O) groups is 1. The molecule has 4 aromatic rings. The number of hydrogen-bond donors (Lipinski definition) is 1. The first-order valence-corrected chi connectivity index (χ1v) is 11.3. The number of hydrogen-bond acceptors (Lipinski definition) is 4. The van der Waals surface area contributed by atoms with Gasteiger partial charge in [0.25, 0.3) is 0 Å². The second-order valence-electron chi connectivity index (χ2n) is 6.71. The Kier molecular flexibility index (Phi) is 6.92. The number of benzene rings is 3. The molecule has 0 unspecified atom stereocenters. The zero-order valence-corrected chi connectivity index (χ0v) is 18.9. The van der Waals surface area contributed by atoms with Gasteiger partial charge in [-0.1, -0.05) is 70.5 Å². The van der Waals surface area contributed by atoms with Crippen LogP contribution in [0.4, 0.5) is 5.13 Å². The molecule has 1 N–H and O–H groups in total. The van der Waals surface area contributed by atoms with E-state index in [4.69, 9.17) is 4.74 Å². The molecule has 4 nitrogen and oxygen atoms in total. The lowest BCUT2D eigenvalue weighted by Crippen LogP contribution is -2.07. The Balaban J connectivity index is 1.31. The van der Waals surface area contributed by atoms with Gasteiger partial charge in [-0.05, 0) is 41.5 Å². The van der Waals surface area contributed by atoms with Gasteiger partial charge in [-0.25, -0.2) is 4.98 Å². The topological polar surface area (TPSA) is 51.2 Å². The normalized spacial score (nSPS) is 10.9. The van der Waals surface area contributed by atoms with Crippen LogP contribution in [0.25, 0.3) is 17.3 Å². The molecule has 0 spiro atoms. The number of nitrogens with one attached hydrogen (secondary N) is 1. The third-order valence-electron chi connectivity index (χ3n) is 4.41. The van der Waals surface area contributed by atoms with Crippen molar-refractivity contribution in [3.05, 3.63) is 106 Å². The van der Waals surface area contributed by atoms with E-state index >= 15 is 0 Å². The lowest BCUT2D eigenvalue weighted by Gasteiger charge is -2.06. The van der Waals surface area contributed by atoms with Gasteiger partial charge in [-0.15, -0.1) is 11.3 Å². The predicted molar refractivity (Wildman–Crippen MR) is 130 cm³/mol. The van der Waals surface area contributed by atoms with Crippen molar-refractivity contribution in [1.29, 1.82) is 0 Å². The van der Waals surface area contributed by atoms with E-state index in [-0.39, 0.29) is 5.91 Å². The van der Waals surface area contributed by atoms with E-state index in [9.17, 15) is 4.79 Å². The van der Waals surface area contributed by atoms with E-state index < -0.39 is 0 Å². The summed E-state index contributed by atoms with van der Waals surface area (Å²) in [6.07, 6.45) is 3.26. The molecule has 1 aromatic heterocycles. The lowest BCUT2D eigenvalue weighted by atomic mass is 10.2. The van der Waals surface area contributed by atoms with Gasteiger partial charge in [0.1, 0.15) is 12.4 Å². The highest BCUT2D eigenvalue weighted by Gasteiger charge is 2.07. The summed E-state index contributed by atoms with van der Waals surface area (Å²) in [5.41, 5.74) is 3.86. The van der Waals surface area contributed by atoms with E-state index in [2.05, 4.69) is 26.2 Å². The van der Waals surface area contributed by atoms with Crippen LogP contribution < -0.4 is 10.1 Å². The summed E-state index contributed by atoms with van der Waals surface area (Å²) in [5, 5.41) is 5.30. The second kappa shape index (κ2) is 10.2. The van der Waals surface area contributed by atoms with E-state index in [0.29, 0.717) is 11.7 Å². The predicted octanol–water partition coefficient (Wildman–Crippen LogP) is 6.80. The van der Waals surface area contributed by atoms with Crippen molar-refractivity contribution < 1.29 is 9.53 Å². The number of anilines is 1. The number of thiazole rings is 1. The van der Waals surface area contributed by atoms with Crippen LogP contribution in [-0.2, 0) is 11.4 Å². The fourth-order valence-corrected chi connectivity index (χ4v) is 3.97. The Labute approximate surface area is 193 Å². The Bertz CT molecular complexity index is 1190. The van der Waals surface area contributed by atoms with Gasteiger partial charge in [0.05, 0.1) is 5.69 Å². The molecule has 0 saturated heterocycles. The van der Waals surface area contributed by atoms with Crippen molar-refractivity contribution in [1.82, 2.24) is 4.98 Å². The van der Waals surface area contributed by atoms with Gasteiger partial charge in [-0.3, -0.25) is 10.1 Å². The van der Waals surface area contributed by atoms with Crippen molar-refractivity contribution in [2.75, 3.05) is 5.32 Å². The molecule has 3 aromatic carbocycles. The summed E-state index contributed by atoms with van der Waals surface area (Å²) in [7, 11) is 0. The van der Waals surface area contributed by atoms with Crippen LogP contribution in [-0.4, -0.2) is 10.9 Å².